The minimum atomic E-state index is -0.728. The summed E-state index contributed by atoms with van der Waals surface area (Å²) in [6, 6.07) is 0. The summed E-state index contributed by atoms with van der Waals surface area (Å²) in [5.74, 6) is -0.258. The number of hydrogen-bond donors (Lipinski definition) is 1. The van der Waals surface area contributed by atoms with Gasteiger partial charge in [0.05, 0.1) is 6.54 Å². The molecule has 0 rings (SSSR count). The number of nitrogens with zero attached hydrogens (tertiary/aromatic N) is 1. The van der Waals surface area contributed by atoms with E-state index in [-0.39, 0.29) is 19.1 Å². The summed E-state index contributed by atoms with van der Waals surface area (Å²) in [5, 5.41) is 2.58. The van der Waals surface area contributed by atoms with Gasteiger partial charge in [-0.25, -0.2) is 4.79 Å². The topological polar surface area (TPSA) is 67.9 Å². The summed E-state index contributed by atoms with van der Waals surface area (Å²) in [7, 11) is 3.76. The number of hydrogen-bond acceptors (Lipinski definition) is 5. The first kappa shape index (κ1) is 16.4. The fourth-order valence-corrected chi connectivity index (χ4v) is 0.939. The van der Waals surface area contributed by atoms with E-state index in [1.54, 1.807) is 13.8 Å². The number of nitrogens with one attached hydrogen (secondary N) is 1. The Kier molecular flexibility index (Phi) is 7.78. The number of carbonyl (C=O) groups is 2. The minimum absolute atomic E-state index is 0.231. The van der Waals surface area contributed by atoms with E-state index >= 15 is 0 Å². The second-order valence-electron chi connectivity index (χ2n) is 4.32. The molecule has 0 saturated carbocycles. The Hall–Kier alpha value is -1.56. The van der Waals surface area contributed by atoms with Crippen LogP contribution in [0.2, 0.25) is 0 Å². The molecule has 0 bridgehead atoms. The molecule has 0 aromatic carbocycles. The highest BCUT2D eigenvalue weighted by atomic mass is 16.7. The van der Waals surface area contributed by atoms with Crippen LogP contribution in [-0.4, -0.2) is 56.9 Å². The molecule has 1 unspecified atom stereocenters. The van der Waals surface area contributed by atoms with E-state index in [1.165, 1.54) is 0 Å². The van der Waals surface area contributed by atoms with Crippen LogP contribution < -0.4 is 5.32 Å². The highest BCUT2D eigenvalue weighted by Gasteiger charge is 2.12. The Bertz CT molecular complexity index is 302. The van der Waals surface area contributed by atoms with Crippen LogP contribution in [0.15, 0.2) is 12.2 Å². The van der Waals surface area contributed by atoms with Gasteiger partial charge < -0.3 is 19.7 Å². The largest absolute Gasteiger partial charge is 0.508 e. The Morgan fingerprint density at radius 1 is 1.39 bits per heavy atom. The monoisotopic (exact) mass is 258 g/mol. The molecule has 6 heteroatoms. The van der Waals surface area contributed by atoms with Crippen molar-refractivity contribution < 1.29 is 19.1 Å². The van der Waals surface area contributed by atoms with Gasteiger partial charge in [-0.1, -0.05) is 6.58 Å². The zero-order chi connectivity index (χ0) is 14.1. The molecule has 0 heterocycles. The van der Waals surface area contributed by atoms with Crippen LogP contribution in [0.5, 0.6) is 0 Å². The van der Waals surface area contributed by atoms with Crippen molar-refractivity contribution in [2.24, 2.45) is 0 Å². The molecule has 0 aromatic heterocycles. The molecule has 0 radical (unpaired) electrons. The van der Waals surface area contributed by atoms with Crippen molar-refractivity contribution >= 4 is 12.1 Å². The second-order valence-corrected chi connectivity index (χ2v) is 4.32. The predicted molar refractivity (Wildman–Crippen MR) is 68.3 cm³/mol. The Morgan fingerprint density at radius 2 is 2.00 bits per heavy atom. The maximum atomic E-state index is 11.2. The maximum Gasteiger partial charge on any atom is 0.508 e. The number of rotatable bonds is 7. The van der Waals surface area contributed by atoms with Crippen molar-refractivity contribution in [2.75, 3.05) is 33.8 Å². The molecule has 0 fully saturated rings. The third kappa shape index (κ3) is 8.58. The van der Waals surface area contributed by atoms with E-state index in [9.17, 15) is 9.59 Å². The third-order valence-electron chi connectivity index (χ3n) is 1.99. The quantitative estimate of drug-likeness (QED) is 0.540. The van der Waals surface area contributed by atoms with Crippen LogP contribution in [0.4, 0.5) is 4.79 Å². The Morgan fingerprint density at radius 3 is 2.50 bits per heavy atom. The molecular weight excluding hydrogens is 236 g/mol. The summed E-state index contributed by atoms with van der Waals surface area (Å²) >= 11 is 0. The van der Waals surface area contributed by atoms with Gasteiger partial charge in [-0.05, 0) is 27.9 Å². The van der Waals surface area contributed by atoms with Crippen molar-refractivity contribution in [3.63, 3.8) is 0 Å². The zero-order valence-corrected chi connectivity index (χ0v) is 11.5. The van der Waals surface area contributed by atoms with E-state index in [0.717, 1.165) is 0 Å². The lowest BCUT2D eigenvalue weighted by atomic mass is 10.3. The Balaban J connectivity index is 3.73. The predicted octanol–water partition coefficient (Wildman–Crippen LogP) is 0.782. The van der Waals surface area contributed by atoms with E-state index in [2.05, 4.69) is 11.9 Å². The van der Waals surface area contributed by atoms with E-state index in [0.29, 0.717) is 12.1 Å². The van der Waals surface area contributed by atoms with Crippen LogP contribution in [0.1, 0.15) is 13.8 Å². The molecule has 0 spiro atoms. The lowest BCUT2D eigenvalue weighted by Gasteiger charge is -2.15. The molecule has 1 atom stereocenters. The van der Waals surface area contributed by atoms with E-state index in [4.69, 9.17) is 9.47 Å². The van der Waals surface area contributed by atoms with Crippen LogP contribution in [0.3, 0.4) is 0 Å². The van der Waals surface area contributed by atoms with Crippen LogP contribution in [-0.2, 0) is 14.3 Å². The van der Waals surface area contributed by atoms with Crippen LogP contribution in [0, 0.1) is 0 Å². The summed E-state index contributed by atoms with van der Waals surface area (Å²) in [6.07, 6.45) is -1.17. The third-order valence-corrected chi connectivity index (χ3v) is 1.99. The van der Waals surface area contributed by atoms with Gasteiger partial charge in [0.1, 0.15) is 12.7 Å². The Labute approximate surface area is 108 Å². The fourth-order valence-electron chi connectivity index (χ4n) is 0.939. The smallest absolute Gasteiger partial charge is 0.433 e. The first-order valence-electron chi connectivity index (χ1n) is 5.74. The van der Waals surface area contributed by atoms with Gasteiger partial charge in [-0.2, -0.15) is 0 Å². The van der Waals surface area contributed by atoms with Crippen molar-refractivity contribution in [1.29, 1.82) is 0 Å². The first-order chi connectivity index (χ1) is 8.32. The minimum Gasteiger partial charge on any atom is -0.433 e. The molecule has 0 aliphatic carbocycles. The first-order valence-corrected chi connectivity index (χ1v) is 5.74. The van der Waals surface area contributed by atoms with E-state index < -0.39 is 12.3 Å². The highest BCUT2D eigenvalue weighted by Crippen LogP contribution is 1.95. The molecule has 0 saturated heterocycles. The molecule has 0 aromatic rings. The van der Waals surface area contributed by atoms with Crippen molar-refractivity contribution in [2.45, 2.75) is 20.0 Å². The molecule has 0 aliphatic rings. The summed E-state index contributed by atoms with van der Waals surface area (Å²) in [5.41, 5.74) is 0.413. The molecule has 1 amide bonds. The van der Waals surface area contributed by atoms with Gasteiger partial charge in [0.2, 0.25) is 5.91 Å². The molecule has 104 valence electrons. The SMILES string of the molecule is C=C(C)C(=O)NCC(C)OC(=O)OCCN(C)C. The van der Waals surface area contributed by atoms with Gasteiger partial charge in [0.25, 0.3) is 0 Å². The molecule has 0 aliphatic heterocycles. The van der Waals surface area contributed by atoms with Crippen LogP contribution in [0.25, 0.3) is 0 Å². The van der Waals surface area contributed by atoms with Crippen molar-refractivity contribution in [1.82, 2.24) is 10.2 Å². The molecule has 6 nitrogen and oxygen atoms in total. The lowest BCUT2D eigenvalue weighted by molar-refractivity contribution is -0.117. The van der Waals surface area contributed by atoms with Gasteiger partial charge >= 0.3 is 6.16 Å². The number of ether oxygens (including phenoxy) is 2. The molecular formula is C12H22N2O4. The molecule has 18 heavy (non-hydrogen) atoms. The van der Waals surface area contributed by atoms with Gasteiger partial charge in [-0.3, -0.25) is 4.79 Å². The second kappa shape index (κ2) is 8.52. The lowest BCUT2D eigenvalue weighted by Crippen LogP contribution is -2.34. The highest BCUT2D eigenvalue weighted by molar-refractivity contribution is 5.92. The standard InChI is InChI=1S/C12H22N2O4/c1-9(2)11(15)13-8-10(3)18-12(16)17-7-6-14(4)5/h10H,1,6-8H2,2-5H3,(H,13,15). The maximum absolute atomic E-state index is 11.2. The van der Waals surface area contributed by atoms with E-state index in [1.807, 2.05) is 19.0 Å². The van der Waals surface area contributed by atoms with Crippen LogP contribution >= 0.6 is 0 Å². The summed E-state index contributed by atoms with van der Waals surface area (Å²) in [6.45, 7) is 7.92. The van der Waals surface area contributed by atoms with Crippen molar-refractivity contribution in [3.8, 4) is 0 Å². The fraction of sp³-hybridized carbons (Fsp3) is 0.667. The normalized spacial score (nSPS) is 11.8. The number of carbonyl (C=O) groups excluding carboxylic acids is 2. The van der Waals surface area contributed by atoms with Gasteiger partial charge in [0.15, 0.2) is 0 Å². The van der Waals surface area contributed by atoms with Crippen molar-refractivity contribution in [3.05, 3.63) is 12.2 Å². The average molecular weight is 258 g/mol. The van der Waals surface area contributed by atoms with Gasteiger partial charge in [-0.15, -0.1) is 0 Å². The average Bonchev–Trinajstić information content (AvgIpc) is 2.24. The zero-order valence-electron chi connectivity index (χ0n) is 11.5. The summed E-state index contributed by atoms with van der Waals surface area (Å²) < 4.78 is 9.78. The number of likely N-dealkylation sites (N-methyl/N-ethyl adjacent to an activating group) is 1. The van der Waals surface area contributed by atoms with Gasteiger partial charge in [0, 0.05) is 12.1 Å². The summed E-state index contributed by atoms with van der Waals surface area (Å²) in [4.78, 5) is 24.3. The number of amides is 1. The molecule has 1 N–H and O–H groups in total.